The molecule has 1 aromatic rings. The Morgan fingerprint density at radius 1 is 1.14 bits per heavy atom. The van der Waals surface area contributed by atoms with Crippen molar-refractivity contribution in [2.24, 2.45) is 0 Å². The van der Waals surface area contributed by atoms with Crippen LogP contribution in [0.15, 0.2) is 30.3 Å². The third kappa shape index (κ3) is 3.87. The molecule has 2 atom stereocenters. The van der Waals surface area contributed by atoms with E-state index in [1.165, 1.54) is 0 Å². The topological polar surface area (TPSA) is 52.5 Å². The van der Waals surface area contributed by atoms with Gasteiger partial charge in [0.2, 0.25) is 0 Å². The molecule has 0 saturated heterocycles. The van der Waals surface area contributed by atoms with Crippen LogP contribution >= 0.6 is 0 Å². The van der Waals surface area contributed by atoms with Gasteiger partial charge in [-0.25, -0.2) is 0 Å². The number of hydrogen-bond acceptors (Lipinski definition) is 3. The lowest BCUT2D eigenvalue weighted by Crippen LogP contribution is -2.28. The minimum Gasteiger partial charge on any atom is -0.392 e. The Morgan fingerprint density at radius 2 is 1.79 bits per heavy atom. The van der Waals surface area contributed by atoms with Crippen LogP contribution < -0.4 is 5.32 Å². The summed E-state index contributed by atoms with van der Waals surface area (Å²) in [5.74, 6) is 0. The van der Waals surface area contributed by atoms with Gasteiger partial charge in [-0.15, -0.1) is 0 Å². The maximum absolute atomic E-state index is 9.69. The van der Waals surface area contributed by atoms with Gasteiger partial charge in [-0.05, 0) is 12.5 Å². The molecule has 0 amide bonds. The summed E-state index contributed by atoms with van der Waals surface area (Å²) in [7, 11) is 0. The van der Waals surface area contributed by atoms with Gasteiger partial charge in [-0.3, -0.25) is 0 Å². The van der Waals surface area contributed by atoms with Gasteiger partial charge in [-0.1, -0.05) is 30.3 Å². The Kier molecular flexibility index (Phi) is 4.59. The molecule has 0 radical (unpaired) electrons. The summed E-state index contributed by atoms with van der Waals surface area (Å²) in [6.07, 6.45) is -0.882. The average molecular weight is 195 g/mol. The predicted octanol–water partition coefficient (Wildman–Crippen LogP) is 0.690. The molecule has 3 heteroatoms. The van der Waals surface area contributed by atoms with Crippen LogP contribution in [0.4, 0.5) is 0 Å². The largest absolute Gasteiger partial charge is 0.392 e. The second-order valence-corrected chi connectivity index (χ2v) is 3.43. The van der Waals surface area contributed by atoms with Crippen molar-refractivity contribution in [2.45, 2.75) is 19.1 Å². The van der Waals surface area contributed by atoms with Crippen molar-refractivity contribution >= 4 is 0 Å². The Balaban J connectivity index is 2.32. The number of aliphatic hydroxyl groups excluding tert-OH is 2. The molecule has 0 heterocycles. The maximum Gasteiger partial charge on any atom is 0.0914 e. The van der Waals surface area contributed by atoms with E-state index in [4.69, 9.17) is 5.11 Å². The van der Waals surface area contributed by atoms with E-state index in [0.717, 1.165) is 5.56 Å². The van der Waals surface area contributed by atoms with Gasteiger partial charge >= 0.3 is 0 Å². The van der Waals surface area contributed by atoms with Crippen molar-refractivity contribution in [3.8, 4) is 0 Å². The summed E-state index contributed by atoms with van der Waals surface area (Å²) in [6, 6.07) is 9.48. The van der Waals surface area contributed by atoms with Gasteiger partial charge in [-0.2, -0.15) is 0 Å². The second-order valence-electron chi connectivity index (χ2n) is 3.43. The number of aliphatic hydroxyl groups is 2. The van der Waals surface area contributed by atoms with Crippen molar-refractivity contribution < 1.29 is 10.2 Å². The third-order valence-electron chi connectivity index (χ3n) is 1.96. The molecule has 0 bridgehead atoms. The molecular weight excluding hydrogens is 178 g/mol. The number of rotatable bonds is 5. The van der Waals surface area contributed by atoms with Gasteiger partial charge in [0.15, 0.2) is 0 Å². The monoisotopic (exact) mass is 195 g/mol. The number of hydrogen-bond donors (Lipinski definition) is 3. The van der Waals surface area contributed by atoms with E-state index in [2.05, 4.69) is 5.32 Å². The molecule has 0 spiro atoms. The van der Waals surface area contributed by atoms with E-state index in [-0.39, 0.29) is 6.10 Å². The lowest BCUT2D eigenvalue weighted by Gasteiger charge is -2.12. The second kappa shape index (κ2) is 5.75. The van der Waals surface area contributed by atoms with Crippen LogP contribution in [-0.2, 0) is 0 Å². The third-order valence-corrected chi connectivity index (χ3v) is 1.96. The van der Waals surface area contributed by atoms with Crippen LogP contribution in [0.5, 0.6) is 0 Å². The minimum atomic E-state index is -0.505. The fourth-order valence-electron chi connectivity index (χ4n) is 1.22. The molecule has 0 aliphatic rings. The maximum atomic E-state index is 9.69. The van der Waals surface area contributed by atoms with Gasteiger partial charge in [0.25, 0.3) is 0 Å². The molecule has 0 unspecified atom stereocenters. The van der Waals surface area contributed by atoms with Crippen molar-refractivity contribution in [1.29, 1.82) is 0 Å². The molecular formula is C11H17NO2. The lowest BCUT2D eigenvalue weighted by atomic mass is 10.1. The minimum absolute atomic E-state index is 0.377. The standard InChI is InChI=1S/C11H17NO2/c1-9(13)7-12-8-11(14)10-5-3-2-4-6-10/h2-6,9,11-14H,7-8H2,1H3/t9-,11-/m1/s1. The van der Waals surface area contributed by atoms with Crippen LogP contribution in [0, 0.1) is 0 Å². The molecule has 1 rings (SSSR count). The quantitative estimate of drug-likeness (QED) is 0.648. The Bertz CT molecular complexity index is 249. The fraction of sp³-hybridized carbons (Fsp3) is 0.455. The van der Waals surface area contributed by atoms with E-state index >= 15 is 0 Å². The van der Waals surface area contributed by atoms with Gasteiger partial charge in [0.05, 0.1) is 12.2 Å². The molecule has 3 nitrogen and oxygen atoms in total. The molecule has 0 aliphatic carbocycles. The average Bonchev–Trinajstić information content (AvgIpc) is 2.18. The molecule has 0 aliphatic heterocycles. The zero-order chi connectivity index (χ0) is 10.4. The lowest BCUT2D eigenvalue weighted by molar-refractivity contribution is 0.155. The highest BCUT2D eigenvalue weighted by Crippen LogP contribution is 2.10. The molecule has 3 N–H and O–H groups in total. The molecule has 14 heavy (non-hydrogen) atoms. The molecule has 0 aromatic heterocycles. The predicted molar refractivity (Wildman–Crippen MR) is 56.0 cm³/mol. The first-order valence-electron chi connectivity index (χ1n) is 4.82. The van der Waals surface area contributed by atoms with E-state index in [1.807, 2.05) is 30.3 Å². The molecule has 1 aromatic carbocycles. The van der Waals surface area contributed by atoms with E-state index in [1.54, 1.807) is 6.92 Å². The first-order valence-corrected chi connectivity index (χ1v) is 4.82. The van der Waals surface area contributed by atoms with Gasteiger partial charge in [0, 0.05) is 13.1 Å². The fourth-order valence-corrected chi connectivity index (χ4v) is 1.22. The van der Waals surface area contributed by atoms with Crippen molar-refractivity contribution in [3.63, 3.8) is 0 Å². The van der Waals surface area contributed by atoms with Gasteiger partial charge in [0.1, 0.15) is 0 Å². The molecule has 0 fully saturated rings. The highest BCUT2D eigenvalue weighted by Gasteiger charge is 2.05. The van der Waals surface area contributed by atoms with Crippen LogP contribution in [-0.4, -0.2) is 29.4 Å². The summed E-state index contributed by atoms with van der Waals surface area (Å²) in [6.45, 7) is 2.68. The van der Waals surface area contributed by atoms with Crippen molar-refractivity contribution in [3.05, 3.63) is 35.9 Å². The molecule has 0 saturated carbocycles. The van der Waals surface area contributed by atoms with E-state index in [9.17, 15) is 5.11 Å². The zero-order valence-corrected chi connectivity index (χ0v) is 8.35. The Morgan fingerprint density at radius 3 is 2.36 bits per heavy atom. The zero-order valence-electron chi connectivity index (χ0n) is 8.35. The summed E-state index contributed by atoms with van der Waals surface area (Å²) in [4.78, 5) is 0. The summed E-state index contributed by atoms with van der Waals surface area (Å²) >= 11 is 0. The summed E-state index contributed by atoms with van der Waals surface area (Å²) in [5, 5.41) is 21.7. The van der Waals surface area contributed by atoms with Crippen LogP contribution in [0.1, 0.15) is 18.6 Å². The van der Waals surface area contributed by atoms with Crippen LogP contribution in [0.2, 0.25) is 0 Å². The number of benzene rings is 1. The summed E-state index contributed by atoms with van der Waals surface area (Å²) < 4.78 is 0. The van der Waals surface area contributed by atoms with E-state index < -0.39 is 6.10 Å². The smallest absolute Gasteiger partial charge is 0.0914 e. The highest BCUT2D eigenvalue weighted by atomic mass is 16.3. The summed E-state index contributed by atoms with van der Waals surface area (Å²) in [5.41, 5.74) is 0.894. The molecule has 78 valence electrons. The van der Waals surface area contributed by atoms with E-state index in [0.29, 0.717) is 13.1 Å². The number of nitrogens with one attached hydrogen (secondary N) is 1. The first kappa shape index (κ1) is 11.2. The first-order chi connectivity index (χ1) is 6.70. The van der Waals surface area contributed by atoms with Crippen LogP contribution in [0.25, 0.3) is 0 Å². The highest BCUT2D eigenvalue weighted by molar-refractivity contribution is 5.17. The SMILES string of the molecule is C[C@@H](O)CNC[C@@H](O)c1ccccc1. The Labute approximate surface area is 84.4 Å². The van der Waals surface area contributed by atoms with Crippen molar-refractivity contribution in [2.75, 3.05) is 13.1 Å². The Hall–Kier alpha value is -0.900. The van der Waals surface area contributed by atoms with Gasteiger partial charge < -0.3 is 15.5 Å². The van der Waals surface area contributed by atoms with Crippen molar-refractivity contribution in [1.82, 2.24) is 5.32 Å². The van der Waals surface area contributed by atoms with Crippen LogP contribution in [0.3, 0.4) is 0 Å². The normalized spacial score (nSPS) is 15.1.